The largest absolute Gasteiger partial charge is 0.508 e. The highest BCUT2D eigenvalue weighted by atomic mass is 16.7. The molecule has 0 bridgehead atoms. The quantitative estimate of drug-likeness (QED) is 0.0153. The molecule has 0 aromatic heterocycles. The van der Waals surface area contributed by atoms with Crippen LogP contribution in [0, 0.1) is 0 Å². The molecule has 17 N–H and O–H groups in total. The van der Waals surface area contributed by atoms with E-state index >= 15 is 0 Å². The normalized spacial score (nSPS) is 23.6. The van der Waals surface area contributed by atoms with Crippen LogP contribution in [-0.4, -0.2) is 284 Å². The van der Waals surface area contributed by atoms with Crippen LogP contribution < -0.4 is 42.5 Å². The van der Waals surface area contributed by atoms with Gasteiger partial charge in [0, 0.05) is 66.3 Å². The summed E-state index contributed by atoms with van der Waals surface area (Å²) in [5.41, 5.74) is -1.15. The summed E-state index contributed by atoms with van der Waals surface area (Å²) in [6.45, 7) is 5.80. The van der Waals surface area contributed by atoms with Crippen molar-refractivity contribution in [2.24, 2.45) is 0 Å². The zero-order valence-electron chi connectivity index (χ0n) is 49.5. The molecule has 2 rings (SSSR count). The van der Waals surface area contributed by atoms with Crippen LogP contribution in [0.3, 0.4) is 0 Å². The predicted molar refractivity (Wildman–Crippen MR) is 294 cm³/mol. The van der Waals surface area contributed by atoms with Crippen LogP contribution in [0.1, 0.15) is 80.1 Å². The molecule has 8 amide bonds. The van der Waals surface area contributed by atoms with Crippen molar-refractivity contribution in [2.45, 2.75) is 165 Å². The van der Waals surface area contributed by atoms with Crippen molar-refractivity contribution in [3.63, 3.8) is 0 Å². The highest BCUT2D eigenvalue weighted by molar-refractivity contribution is 5.90. The van der Waals surface area contributed by atoms with Gasteiger partial charge in [-0.1, -0.05) is 0 Å². The molecule has 0 aliphatic carbocycles. The minimum absolute atomic E-state index is 0.0135. The molecule has 86 heavy (non-hydrogen) atoms. The second kappa shape index (κ2) is 41.7. The van der Waals surface area contributed by atoms with Crippen LogP contribution in [0.2, 0.25) is 0 Å². The number of aliphatic hydroxyl groups is 9. The molecule has 0 aromatic rings. The summed E-state index contributed by atoms with van der Waals surface area (Å²) in [5.74, 6) is -5.71. The average Bonchev–Trinajstić information content (AvgIpc) is 3.18. The first-order valence-electron chi connectivity index (χ1n) is 28.2. The number of carbonyl (C=O) groups is 8. The van der Waals surface area contributed by atoms with Crippen LogP contribution >= 0.6 is 0 Å². The summed E-state index contributed by atoms with van der Waals surface area (Å²) in [5, 5.41) is 110. The van der Waals surface area contributed by atoms with E-state index in [9.17, 15) is 84.3 Å². The lowest BCUT2D eigenvalue weighted by Crippen LogP contribution is -2.64. The molecule has 0 saturated carbocycles. The fourth-order valence-corrected chi connectivity index (χ4v) is 8.42. The topological polar surface area (TPSA) is 498 Å². The number of amides is 8. The van der Waals surface area contributed by atoms with Gasteiger partial charge < -0.3 is 131 Å². The third-order valence-corrected chi connectivity index (χ3v) is 12.8. The molecule has 496 valence electrons. The Bertz CT molecular complexity index is 2110. The molecule has 0 spiro atoms. The van der Waals surface area contributed by atoms with Crippen LogP contribution in [0.15, 0.2) is 11.5 Å². The first-order valence-corrected chi connectivity index (χ1v) is 28.2. The van der Waals surface area contributed by atoms with E-state index in [0.717, 1.165) is 6.92 Å². The minimum Gasteiger partial charge on any atom is -0.508 e. The van der Waals surface area contributed by atoms with Crippen molar-refractivity contribution in [1.29, 1.82) is 0 Å². The van der Waals surface area contributed by atoms with E-state index in [1.54, 1.807) is 20.8 Å². The predicted octanol–water partition coefficient (Wildman–Crippen LogP) is -7.34. The first kappa shape index (κ1) is 76.7. The zero-order valence-corrected chi connectivity index (χ0v) is 49.5. The van der Waals surface area contributed by atoms with E-state index in [1.165, 1.54) is 13.8 Å². The van der Waals surface area contributed by atoms with Gasteiger partial charge in [-0.3, -0.25) is 38.4 Å². The maximum absolute atomic E-state index is 13.6. The van der Waals surface area contributed by atoms with Crippen molar-refractivity contribution in [3.05, 3.63) is 11.5 Å². The van der Waals surface area contributed by atoms with Gasteiger partial charge in [-0.2, -0.15) is 0 Å². The van der Waals surface area contributed by atoms with E-state index in [1.807, 2.05) is 0 Å². The Morgan fingerprint density at radius 3 is 1.41 bits per heavy atom. The summed E-state index contributed by atoms with van der Waals surface area (Å²) in [6, 6.07) is -4.93. The lowest BCUT2D eigenvalue weighted by Gasteiger charge is -2.42. The summed E-state index contributed by atoms with van der Waals surface area (Å²) >= 11 is 0. The summed E-state index contributed by atoms with van der Waals surface area (Å²) in [6.07, 6.45) is -13.7. The molecule has 34 heteroatoms. The Hall–Kier alpha value is -5.38. The number of aliphatic hydroxyl groups excluding tert-OH is 9. The SMILES string of the molecule is CCOC(C)(C)CCC(=O)NC(CCC(=O)NC(CCC(=O)NCCOCCOC1OC(CO)C(O)C(O)C1NC(C)=O)C(=O)NCCOCCOC(O)/C(NC(C)=O)=C(\O)CO)C(=O)NCCOCCOC1OC(CO)C(O)C(O)C1NC(C)=O. The van der Waals surface area contributed by atoms with Gasteiger partial charge in [0.1, 0.15) is 78.9 Å². The number of carbonyl (C=O) groups excluding carboxylic acids is 8. The van der Waals surface area contributed by atoms with Crippen LogP contribution in [0.4, 0.5) is 0 Å². The van der Waals surface area contributed by atoms with Crippen LogP contribution in [-0.2, 0) is 81.0 Å². The van der Waals surface area contributed by atoms with Crippen molar-refractivity contribution >= 4 is 47.3 Å². The average molecular weight is 1250 g/mol. The van der Waals surface area contributed by atoms with Crippen LogP contribution in [0.25, 0.3) is 0 Å². The minimum atomic E-state index is -1.84. The molecular formula is C52H92N8O26. The lowest BCUT2D eigenvalue weighted by atomic mass is 9.97. The Morgan fingerprint density at radius 1 is 0.558 bits per heavy atom. The third kappa shape index (κ3) is 29.5. The number of nitrogens with one attached hydrogen (secondary N) is 8. The van der Waals surface area contributed by atoms with Gasteiger partial charge in [0.25, 0.3) is 0 Å². The molecule has 2 aliphatic heterocycles. The number of hydrogen-bond acceptors (Lipinski definition) is 26. The van der Waals surface area contributed by atoms with E-state index in [2.05, 4.69) is 42.5 Å². The second-order valence-corrected chi connectivity index (χ2v) is 20.3. The van der Waals surface area contributed by atoms with Gasteiger partial charge in [-0.05, 0) is 40.0 Å². The second-order valence-electron chi connectivity index (χ2n) is 20.3. The Labute approximate surface area is 498 Å². The van der Waals surface area contributed by atoms with Gasteiger partial charge in [0.05, 0.1) is 78.3 Å². The van der Waals surface area contributed by atoms with E-state index in [4.69, 9.17) is 42.6 Å². The maximum Gasteiger partial charge on any atom is 0.242 e. The fourth-order valence-electron chi connectivity index (χ4n) is 8.42. The molecule has 13 unspecified atom stereocenters. The summed E-state index contributed by atoms with van der Waals surface area (Å²) in [7, 11) is 0. The monoisotopic (exact) mass is 1240 g/mol. The molecule has 0 aromatic carbocycles. The van der Waals surface area contributed by atoms with Gasteiger partial charge in [-0.25, -0.2) is 0 Å². The molecule has 34 nitrogen and oxygen atoms in total. The van der Waals surface area contributed by atoms with E-state index in [-0.39, 0.29) is 111 Å². The molecule has 0 radical (unpaired) electrons. The van der Waals surface area contributed by atoms with Crippen molar-refractivity contribution in [1.82, 2.24) is 42.5 Å². The molecular weight excluding hydrogens is 1150 g/mol. The maximum atomic E-state index is 13.6. The Morgan fingerprint density at radius 2 is 0.988 bits per heavy atom. The molecule has 2 aliphatic rings. The van der Waals surface area contributed by atoms with E-state index in [0.29, 0.717) is 6.61 Å². The molecule has 2 fully saturated rings. The summed E-state index contributed by atoms with van der Waals surface area (Å²) < 4.78 is 49.6. The molecule has 2 heterocycles. The molecule has 2 saturated heterocycles. The summed E-state index contributed by atoms with van der Waals surface area (Å²) in [4.78, 5) is 102. The van der Waals surface area contributed by atoms with Crippen molar-refractivity contribution in [3.8, 4) is 0 Å². The lowest BCUT2D eigenvalue weighted by molar-refractivity contribution is -0.272. The highest BCUT2D eigenvalue weighted by Crippen LogP contribution is 2.24. The fraction of sp³-hybridized carbons (Fsp3) is 0.808. The number of hydrogen-bond donors (Lipinski definition) is 17. The number of ether oxygens (including phenoxy) is 9. The zero-order chi connectivity index (χ0) is 64.4. The van der Waals surface area contributed by atoms with Gasteiger partial charge in [-0.15, -0.1) is 0 Å². The van der Waals surface area contributed by atoms with Gasteiger partial charge in [0.15, 0.2) is 18.9 Å². The van der Waals surface area contributed by atoms with Crippen molar-refractivity contribution in [2.75, 3.05) is 106 Å². The van der Waals surface area contributed by atoms with E-state index < -0.39 is 170 Å². The van der Waals surface area contributed by atoms with Gasteiger partial charge >= 0.3 is 0 Å². The van der Waals surface area contributed by atoms with Gasteiger partial charge in [0.2, 0.25) is 47.3 Å². The van der Waals surface area contributed by atoms with Crippen molar-refractivity contribution < 1.29 is 127 Å². The Kier molecular flexibility index (Phi) is 37.2. The highest BCUT2D eigenvalue weighted by Gasteiger charge is 2.46. The van der Waals surface area contributed by atoms with Crippen LogP contribution in [0.5, 0.6) is 0 Å². The standard InChI is InChI=1S/C52H92N8O26/c1-7-84-52(5,6)13-12-39(70)60-33(48(76)55-16-19-80-22-25-83-51-42(58-31(4)66)46(74)44(72)36(28-63)86-51)9-11-38(69)59-32(47(75)54-15-18-79-20-23-81-49(77)40(34(67)26-61)56-29(2)64)8-10-37(68)53-14-17-78-21-24-82-50-41(57-30(3)65)45(73)43(71)35(27-62)85-50/h32-33,35-36,41-46,49-51,61-63,67,71-74,77H,7-28H2,1-6H3,(H,53,68)(H,54,75)(H,55,76)(H,56,64)(H,57,65)(H,58,66)(H,59,69)(H,60,70)/b40-34+. The first-order chi connectivity index (χ1) is 40.8. The third-order valence-electron chi connectivity index (χ3n) is 12.8. The molecule has 13 atom stereocenters. The Balaban J connectivity index is 2.08. The smallest absolute Gasteiger partial charge is 0.242 e. The number of rotatable bonds is 43.